The lowest BCUT2D eigenvalue weighted by Crippen LogP contribution is -2.28. The Bertz CT molecular complexity index is 1080. The molecule has 1 aliphatic carbocycles. The number of nitrogens with zero attached hydrogens (tertiary/aromatic N) is 1. The molecule has 0 unspecified atom stereocenters. The number of fused-ring (bicyclic) bond motifs is 1. The van der Waals surface area contributed by atoms with Crippen molar-refractivity contribution in [2.75, 3.05) is 32.1 Å². The summed E-state index contributed by atoms with van der Waals surface area (Å²) in [7, 11) is 3.84. The molecule has 4 heteroatoms. The molecule has 0 saturated carbocycles. The van der Waals surface area contributed by atoms with Gasteiger partial charge in [0.25, 0.3) is 0 Å². The minimum atomic E-state index is -0.268. The lowest BCUT2D eigenvalue weighted by Gasteiger charge is -2.24. The summed E-state index contributed by atoms with van der Waals surface area (Å²) in [5.74, 6) is -0.0253. The standard InChI is InChI=1S/C25H28F2N2.C2H6.H2/c1-16(17-7-9-28-10-8-17)11-22-24(27)14-20(15-25(22)29(2)3)19-12-18-5-4-6-21(18)23(26)13-19;1-2;/h5-6,11-15,17,28H,4,7-10H2,1-3H3;1-2H3;1H/b16-11+;;. The van der Waals surface area contributed by atoms with E-state index < -0.39 is 0 Å². The van der Waals surface area contributed by atoms with Crippen molar-refractivity contribution >= 4 is 23.9 Å². The molecule has 2 aliphatic rings. The highest BCUT2D eigenvalue weighted by molar-refractivity contribution is 5.77. The predicted molar refractivity (Wildman–Crippen MR) is 132 cm³/mol. The Kier molecular flexibility index (Phi) is 7.66. The van der Waals surface area contributed by atoms with Crippen LogP contribution in [0.25, 0.3) is 29.4 Å². The molecule has 0 radical (unpaired) electrons. The van der Waals surface area contributed by atoms with Gasteiger partial charge in [-0.25, -0.2) is 8.78 Å². The highest BCUT2D eigenvalue weighted by atomic mass is 19.1. The van der Waals surface area contributed by atoms with E-state index in [1.54, 1.807) is 0 Å². The zero-order chi connectivity index (χ0) is 22.5. The fourth-order valence-corrected chi connectivity index (χ4v) is 4.40. The van der Waals surface area contributed by atoms with E-state index in [0.29, 0.717) is 27.8 Å². The van der Waals surface area contributed by atoms with Crippen LogP contribution in [0.4, 0.5) is 14.5 Å². The summed E-state index contributed by atoms with van der Waals surface area (Å²) in [6, 6.07) is 6.96. The molecule has 1 N–H and O–H groups in total. The van der Waals surface area contributed by atoms with Crippen molar-refractivity contribution in [1.29, 1.82) is 0 Å². The molecule has 2 aromatic rings. The average molecular weight is 427 g/mol. The molecule has 1 fully saturated rings. The fraction of sp³-hybridized carbons (Fsp3) is 0.407. The van der Waals surface area contributed by atoms with Gasteiger partial charge in [-0.3, -0.25) is 0 Å². The van der Waals surface area contributed by atoms with Crippen molar-refractivity contribution in [3.05, 3.63) is 57.5 Å². The number of hydrogen-bond donors (Lipinski definition) is 1. The molecule has 0 atom stereocenters. The number of anilines is 1. The molecule has 0 amide bonds. The molecule has 1 aliphatic heterocycles. The van der Waals surface area contributed by atoms with E-state index in [9.17, 15) is 4.39 Å². The van der Waals surface area contributed by atoms with Gasteiger partial charge >= 0.3 is 0 Å². The molecular weight excluding hydrogens is 390 g/mol. The van der Waals surface area contributed by atoms with Crippen LogP contribution in [0.3, 0.4) is 0 Å². The van der Waals surface area contributed by atoms with Gasteiger partial charge in [0.1, 0.15) is 11.6 Å². The lowest BCUT2D eigenvalue weighted by atomic mass is 9.89. The summed E-state index contributed by atoms with van der Waals surface area (Å²) in [4.78, 5) is 1.93. The van der Waals surface area contributed by atoms with Gasteiger partial charge < -0.3 is 10.2 Å². The Balaban J connectivity index is 0.00000118. The Morgan fingerprint density at radius 1 is 1.00 bits per heavy atom. The van der Waals surface area contributed by atoms with Gasteiger partial charge in [0, 0.05) is 32.0 Å². The third kappa shape index (κ3) is 5.07. The average Bonchev–Trinajstić information content (AvgIpc) is 3.26. The fourth-order valence-electron chi connectivity index (χ4n) is 4.40. The summed E-state index contributed by atoms with van der Waals surface area (Å²) >= 11 is 0. The number of allylic oxidation sites excluding steroid dienone is 1. The maximum absolute atomic E-state index is 15.3. The monoisotopic (exact) mass is 426 g/mol. The number of hydrogen-bond acceptors (Lipinski definition) is 2. The Morgan fingerprint density at radius 3 is 2.32 bits per heavy atom. The SMILES string of the molecule is C/C(=C\c1c(F)cc(-c2cc(F)c3c(c2)=CCC=3)cc1N(C)C)C1CCNCC1.CC.[HH]. The molecule has 0 aromatic heterocycles. The van der Waals surface area contributed by atoms with Crippen LogP contribution in [-0.4, -0.2) is 27.2 Å². The summed E-state index contributed by atoms with van der Waals surface area (Å²) in [5, 5.41) is 4.92. The van der Waals surface area contributed by atoms with E-state index >= 15 is 4.39 Å². The van der Waals surface area contributed by atoms with Gasteiger partial charge in [-0.15, -0.1) is 0 Å². The van der Waals surface area contributed by atoms with Crippen LogP contribution < -0.4 is 20.7 Å². The maximum Gasteiger partial charge on any atom is 0.133 e. The van der Waals surface area contributed by atoms with Crippen molar-refractivity contribution in [3.63, 3.8) is 0 Å². The van der Waals surface area contributed by atoms with Crippen LogP contribution in [0.5, 0.6) is 0 Å². The van der Waals surface area contributed by atoms with E-state index in [0.717, 1.165) is 43.3 Å². The summed E-state index contributed by atoms with van der Waals surface area (Å²) in [5.41, 5.74) is 4.04. The molecule has 4 rings (SSSR count). The molecule has 2 nitrogen and oxygen atoms in total. The third-order valence-electron chi connectivity index (χ3n) is 6.10. The van der Waals surface area contributed by atoms with Crippen LogP contribution in [0, 0.1) is 17.6 Å². The van der Waals surface area contributed by atoms with Crippen LogP contribution in [0.1, 0.15) is 47.0 Å². The van der Waals surface area contributed by atoms with Crippen molar-refractivity contribution < 1.29 is 10.2 Å². The van der Waals surface area contributed by atoms with Crippen LogP contribution >= 0.6 is 0 Å². The highest BCUT2D eigenvalue weighted by Gasteiger charge is 2.18. The molecule has 168 valence electrons. The molecule has 1 heterocycles. The van der Waals surface area contributed by atoms with E-state index in [4.69, 9.17) is 0 Å². The number of piperidine rings is 1. The Morgan fingerprint density at radius 2 is 1.65 bits per heavy atom. The Hall–Kier alpha value is -2.46. The van der Waals surface area contributed by atoms with Gasteiger partial charge in [-0.2, -0.15) is 0 Å². The van der Waals surface area contributed by atoms with Crippen molar-refractivity contribution in [3.8, 4) is 11.1 Å². The van der Waals surface area contributed by atoms with E-state index in [1.165, 1.54) is 17.7 Å². The quantitative estimate of drug-likeness (QED) is 0.710. The normalized spacial score (nSPS) is 16.0. The van der Waals surface area contributed by atoms with Crippen molar-refractivity contribution in [1.82, 2.24) is 5.32 Å². The van der Waals surface area contributed by atoms with Crippen LogP contribution in [0.15, 0.2) is 29.8 Å². The van der Waals surface area contributed by atoms with E-state index in [2.05, 4.69) is 12.2 Å². The molecular formula is C27H36F2N2. The lowest BCUT2D eigenvalue weighted by molar-refractivity contribution is 0.421. The third-order valence-corrected chi connectivity index (χ3v) is 6.10. The molecule has 31 heavy (non-hydrogen) atoms. The number of rotatable bonds is 4. The topological polar surface area (TPSA) is 15.3 Å². The second-order valence-electron chi connectivity index (χ2n) is 8.30. The smallest absolute Gasteiger partial charge is 0.133 e. The largest absolute Gasteiger partial charge is 0.377 e. The molecule has 2 aromatic carbocycles. The van der Waals surface area contributed by atoms with Gasteiger partial charge in [0.15, 0.2) is 0 Å². The van der Waals surface area contributed by atoms with Crippen molar-refractivity contribution in [2.24, 2.45) is 5.92 Å². The second-order valence-corrected chi connectivity index (χ2v) is 8.30. The minimum Gasteiger partial charge on any atom is -0.377 e. The first-order valence-electron chi connectivity index (χ1n) is 11.3. The van der Waals surface area contributed by atoms with E-state index in [-0.39, 0.29) is 13.1 Å². The molecule has 0 bridgehead atoms. The molecule has 1 saturated heterocycles. The van der Waals surface area contributed by atoms with Gasteiger partial charge in [0.05, 0.1) is 0 Å². The summed E-state index contributed by atoms with van der Waals surface area (Å²) < 4.78 is 29.8. The summed E-state index contributed by atoms with van der Waals surface area (Å²) in [6.07, 6.45) is 8.80. The number of nitrogens with one attached hydrogen (secondary N) is 1. The first kappa shape index (κ1) is 23.2. The van der Waals surface area contributed by atoms with Crippen molar-refractivity contribution in [2.45, 2.75) is 40.0 Å². The predicted octanol–water partition coefficient (Wildman–Crippen LogP) is 5.34. The number of benzene rings is 2. The minimum absolute atomic E-state index is 0. The van der Waals surface area contributed by atoms with Crippen LogP contribution in [0.2, 0.25) is 0 Å². The molecule has 0 spiro atoms. The number of halogens is 2. The van der Waals surface area contributed by atoms with E-state index in [1.807, 2.05) is 63.2 Å². The Labute approximate surface area is 186 Å². The second kappa shape index (κ2) is 10.2. The van der Waals surface area contributed by atoms with Crippen LogP contribution in [-0.2, 0) is 0 Å². The zero-order valence-electron chi connectivity index (χ0n) is 19.4. The van der Waals surface area contributed by atoms with Gasteiger partial charge in [0.2, 0.25) is 0 Å². The highest BCUT2D eigenvalue weighted by Crippen LogP contribution is 2.33. The van der Waals surface area contributed by atoms with Gasteiger partial charge in [-0.1, -0.05) is 37.6 Å². The maximum atomic E-state index is 15.3. The van der Waals surface area contributed by atoms with Gasteiger partial charge in [-0.05, 0) is 85.8 Å². The zero-order valence-corrected chi connectivity index (χ0v) is 19.4. The first-order chi connectivity index (χ1) is 14.9. The first-order valence-corrected chi connectivity index (χ1v) is 11.3. The summed E-state index contributed by atoms with van der Waals surface area (Å²) in [6.45, 7) is 8.12.